The molecule has 108 valence electrons. The number of hydrogen-bond donors (Lipinski definition) is 2. The molecule has 0 aliphatic rings. The summed E-state index contributed by atoms with van der Waals surface area (Å²) in [6.45, 7) is 0.653. The second-order valence-electron chi connectivity index (χ2n) is 4.52. The Balaban J connectivity index is 2.00. The first kappa shape index (κ1) is 14.7. The molecule has 0 spiro atoms. The van der Waals surface area contributed by atoms with Crippen molar-refractivity contribution in [2.24, 2.45) is 12.8 Å². The van der Waals surface area contributed by atoms with Gasteiger partial charge in [0.2, 0.25) is 10.0 Å². The molecule has 0 aliphatic heterocycles. The van der Waals surface area contributed by atoms with Gasteiger partial charge < -0.3 is 5.73 Å². The molecule has 20 heavy (non-hydrogen) atoms. The van der Waals surface area contributed by atoms with Crippen LogP contribution in [0.3, 0.4) is 0 Å². The smallest absolute Gasteiger partial charge is 0.240 e. The van der Waals surface area contributed by atoms with Crippen molar-refractivity contribution in [3.05, 3.63) is 47.8 Å². The van der Waals surface area contributed by atoms with Crippen LogP contribution < -0.4 is 10.5 Å². The minimum absolute atomic E-state index is 0.242. The fourth-order valence-electron chi connectivity index (χ4n) is 1.85. The highest BCUT2D eigenvalue weighted by Crippen LogP contribution is 2.11. The van der Waals surface area contributed by atoms with Crippen LogP contribution in [0.5, 0.6) is 0 Å². The Morgan fingerprint density at radius 1 is 1.35 bits per heavy atom. The summed E-state index contributed by atoms with van der Waals surface area (Å²) in [4.78, 5) is 0.242. The molecule has 0 saturated carbocycles. The van der Waals surface area contributed by atoms with Gasteiger partial charge in [0.05, 0.1) is 11.1 Å². The number of aromatic nitrogens is 2. The van der Waals surface area contributed by atoms with Crippen molar-refractivity contribution in [3.63, 3.8) is 0 Å². The van der Waals surface area contributed by atoms with Gasteiger partial charge in [0.25, 0.3) is 0 Å². The van der Waals surface area contributed by atoms with Crippen LogP contribution in [0.1, 0.15) is 11.1 Å². The molecule has 6 nitrogen and oxygen atoms in total. The van der Waals surface area contributed by atoms with E-state index in [1.54, 1.807) is 35.1 Å². The Morgan fingerprint density at radius 2 is 2.15 bits per heavy atom. The molecular weight excluding hydrogens is 276 g/mol. The zero-order valence-corrected chi connectivity index (χ0v) is 12.1. The lowest BCUT2D eigenvalue weighted by Gasteiger charge is -2.07. The molecule has 2 aromatic rings. The van der Waals surface area contributed by atoms with Gasteiger partial charge in [-0.1, -0.05) is 12.1 Å². The summed E-state index contributed by atoms with van der Waals surface area (Å²) in [5.74, 6) is 0. The first-order valence-electron chi connectivity index (χ1n) is 6.27. The van der Waals surface area contributed by atoms with Gasteiger partial charge in [0.15, 0.2) is 0 Å². The van der Waals surface area contributed by atoms with Gasteiger partial charge in [0, 0.05) is 26.3 Å². The Bertz CT molecular complexity index is 679. The molecule has 0 fully saturated rings. The molecule has 0 unspecified atom stereocenters. The summed E-state index contributed by atoms with van der Waals surface area (Å²) in [7, 11) is -1.66. The van der Waals surface area contributed by atoms with Crippen molar-refractivity contribution in [2.45, 2.75) is 17.9 Å². The molecule has 1 aromatic carbocycles. The monoisotopic (exact) mass is 294 g/mol. The lowest BCUT2D eigenvalue weighted by atomic mass is 10.2. The lowest BCUT2D eigenvalue weighted by Crippen LogP contribution is -2.26. The van der Waals surface area contributed by atoms with Gasteiger partial charge in [-0.2, -0.15) is 5.10 Å². The summed E-state index contributed by atoms with van der Waals surface area (Å²) >= 11 is 0. The highest BCUT2D eigenvalue weighted by molar-refractivity contribution is 7.89. The van der Waals surface area contributed by atoms with Crippen LogP contribution in [0, 0.1) is 0 Å². The Labute approximate surface area is 118 Å². The topological polar surface area (TPSA) is 90.0 Å². The van der Waals surface area contributed by atoms with E-state index in [1.807, 2.05) is 13.2 Å². The quantitative estimate of drug-likeness (QED) is 0.807. The predicted octanol–water partition coefficient (Wildman–Crippen LogP) is 0.400. The molecular formula is C13H18N4O2S. The van der Waals surface area contributed by atoms with Crippen LogP contribution in [0.15, 0.2) is 41.6 Å². The lowest BCUT2D eigenvalue weighted by molar-refractivity contribution is 0.581. The number of hydrogen-bond acceptors (Lipinski definition) is 4. The van der Waals surface area contributed by atoms with E-state index in [0.717, 1.165) is 11.1 Å². The zero-order chi connectivity index (χ0) is 14.6. The first-order chi connectivity index (χ1) is 9.51. The molecule has 0 atom stereocenters. The number of sulfonamides is 1. The average Bonchev–Trinajstić information content (AvgIpc) is 2.84. The van der Waals surface area contributed by atoms with Crippen molar-refractivity contribution >= 4 is 10.0 Å². The summed E-state index contributed by atoms with van der Waals surface area (Å²) in [5.41, 5.74) is 7.30. The van der Waals surface area contributed by atoms with Gasteiger partial charge in [0.1, 0.15) is 0 Å². The maximum absolute atomic E-state index is 12.1. The molecule has 0 radical (unpaired) electrons. The Morgan fingerprint density at radius 3 is 2.80 bits per heavy atom. The van der Waals surface area contributed by atoms with Crippen LogP contribution in [0.2, 0.25) is 0 Å². The van der Waals surface area contributed by atoms with Crippen LogP contribution in [-0.2, 0) is 30.0 Å². The van der Waals surface area contributed by atoms with Crippen LogP contribution in [-0.4, -0.2) is 24.7 Å². The molecule has 0 bridgehead atoms. The third-order valence-corrected chi connectivity index (χ3v) is 4.37. The molecule has 2 rings (SSSR count). The fourth-order valence-corrected chi connectivity index (χ4v) is 2.96. The highest BCUT2D eigenvalue weighted by atomic mass is 32.2. The van der Waals surface area contributed by atoms with Gasteiger partial charge >= 0.3 is 0 Å². The molecule has 1 aromatic heterocycles. The third-order valence-electron chi connectivity index (χ3n) is 2.91. The minimum atomic E-state index is -3.49. The average molecular weight is 294 g/mol. The largest absolute Gasteiger partial charge is 0.326 e. The standard InChI is InChI=1S/C13H18N4O2S/c1-17-10-12(9-15-17)5-6-16-20(18,19)13-4-2-3-11(7-13)8-14/h2-4,7,9-10,16H,5-6,8,14H2,1H3. The summed E-state index contributed by atoms with van der Waals surface area (Å²) < 4.78 is 28.5. The number of nitrogens with two attached hydrogens (primary N) is 1. The van der Waals surface area contributed by atoms with Gasteiger partial charge in [-0.3, -0.25) is 4.68 Å². The van der Waals surface area contributed by atoms with E-state index in [-0.39, 0.29) is 4.90 Å². The molecule has 0 aliphatic carbocycles. The van der Waals surface area contributed by atoms with E-state index < -0.39 is 10.0 Å². The molecule has 7 heteroatoms. The number of nitrogens with zero attached hydrogens (tertiary/aromatic N) is 2. The van der Waals surface area contributed by atoms with Gasteiger partial charge in [-0.25, -0.2) is 13.1 Å². The van der Waals surface area contributed by atoms with Crippen molar-refractivity contribution in [2.75, 3.05) is 6.54 Å². The summed E-state index contributed by atoms with van der Waals surface area (Å²) in [6, 6.07) is 6.64. The Kier molecular flexibility index (Phi) is 4.53. The zero-order valence-electron chi connectivity index (χ0n) is 11.3. The highest BCUT2D eigenvalue weighted by Gasteiger charge is 2.13. The van der Waals surface area contributed by atoms with Crippen molar-refractivity contribution in [1.29, 1.82) is 0 Å². The number of benzene rings is 1. The fraction of sp³-hybridized carbons (Fsp3) is 0.308. The van der Waals surface area contributed by atoms with Crippen molar-refractivity contribution < 1.29 is 8.42 Å². The summed E-state index contributed by atoms with van der Waals surface area (Å²) in [6.07, 6.45) is 4.19. The van der Waals surface area contributed by atoms with E-state index in [0.29, 0.717) is 19.5 Å². The van der Waals surface area contributed by atoms with E-state index in [1.165, 1.54) is 0 Å². The molecule has 0 amide bonds. The van der Waals surface area contributed by atoms with Gasteiger partial charge in [-0.15, -0.1) is 0 Å². The van der Waals surface area contributed by atoms with Crippen LogP contribution in [0.25, 0.3) is 0 Å². The number of aryl methyl sites for hydroxylation is 1. The van der Waals surface area contributed by atoms with E-state index in [2.05, 4.69) is 9.82 Å². The third kappa shape index (κ3) is 3.66. The Hall–Kier alpha value is -1.70. The molecule has 3 N–H and O–H groups in total. The maximum atomic E-state index is 12.1. The van der Waals surface area contributed by atoms with Crippen LogP contribution in [0.4, 0.5) is 0 Å². The number of rotatable bonds is 6. The molecule has 0 saturated heterocycles. The summed E-state index contributed by atoms with van der Waals surface area (Å²) in [5, 5.41) is 4.04. The SMILES string of the molecule is Cn1cc(CCNS(=O)(=O)c2cccc(CN)c2)cn1. The van der Waals surface area contributed by atoms with Gasteiger partial charge in [-0.05, 0) is 29.7 Å². The second-order valence-corrected chi connectivity index (χ2v) is 6.29. The first-order valence-corrected chi connectivity index (χ1v) is 7.76. The maximum Gasteiger partial charge on any atom is 0.240 e. The van der Waals surface area contributed by atoms with Crippen LogP contribution >= 0.6 is 0 Å². The second kappa shape index (κ2) is 6.17. The molecule has 1 heterocycles. The van der Waals surface area contributed by atoms with Crippen molar-refractivity contribution in [3.8, 4) is 0 Å². The van der Waals surface area contributed by atoms with Crippen molar-refractivity contribution in [1.82, 2.24) is 14.5 Å². The number of nitrogens with one attached hydrogen (secondary N) is 1. The van der Waals surface area contributed by atoms with E-state index in [4.69, 9.17) is 5.73 Å². The minimum Gasteiger partial charge on any atom is -0.326 e. The normalized spacial score (nSPS) is 11.7. The predicted molar refractivity (Wildman–Crippen MR) is 76.4 cm³/mol. The van der Waals surface area contributed by atoms with E-state index in [9.17, 15) is 8.42 Å². The van der Waals surface area contributed by atoms with E-state index >= 15 is 0 Å².